The zero-order chi connectivity index (χ0) is 14.4. The molecule has 20 heavy (non-hydrogen) atoms. The summed E-state index contributed by atoms with van der Waals surface area (Å²) < 4.78 is 10.8. The van der Waals surface area contributed by atoms with Crippen LogP contribution in [-0.2, 0) is 4.74 Å². The molecule has 1 aromatic carbocycles. The minimum absolute atomic E-state index is 0.213. The zero-order valence-electron chi connectivity index (χ0n) is 11.6. The van der Waals surface area contributed by atoms with Gasteiger partial charge in [-0.1, -0.05) is 6.92 Å². The van der Waals surface area contributed by atoms with E-state index in [4.69, 9.17) is 14.9 Å². The Bertz CT molecular complexity index is 578. The van der Waals surface area contributed by atoms with Gasteiger partial charge in [0.1, 0.15) is 5.58 Å². The smallest absolute Gasteiger partial charge is 0.287 e. The molecule has 0 aliphatic rings. The van der Waals surface area contributed by atoms with Crippen molar-refractivity contribution in [1.82, 2.24) is 5.32 Å². The van der Waals surface area contributed by atoms with E-state index < -0.39 is 0 Å². The van der Waals surface area contributed by atoms with Gasteiger partial charge in [0.2, 0.25) is 0 Å². The maximum Gasteiger partial charge on any atom is 0.287 e. The van der Waals surface area contributed by atoms with Crippen LogP contribution in [0, 0.1) is 0 Å². The average Bonchev–Trinajstić information content (AvgIpc) is 2.85. The largest absolute Gasteiger partial charge is 0.451 e. The first-order valence-corrected chi connectivity index (χ1v) is 6.85. The summed E-state index contributed by atoms with van der Waals surface area (Å²) in [7, 11) is 0. The molecule has 0 aliphatic heterocycles. The van der Waals surface area contributed by atoms with Gasteiger partial charge >= 0.3 is 0 Å². The van der Waals surface area contributed by atoms with Gasteiger partial charge in [0.05, 0.1) is 0 Å². The molecule has 1 aromatic heterocycles. The highest BCUT2D eigenvalue weighted by Crippen LogP contribution is 2.21. The minimum Gasteiger partial charge on any atom is -0.451 e. The molecule has 1 heterocycles. The normalized spacial score (nSPS) is 10.8. The number of nitrogens with two attached hydrogens (primary N) is 1. The summed E-state index contributed by atoms with van der Waals surface area (Å²) in [5.41, 5.74) is 7.01. The predicted molar refractivity (Wildman–Crippen MR) is 78.7 cm³/mol. The lowest BCUT2D eigenvalue weighted by molar-refractivity contribution is 0.0916. The molecule has 0 bridgehead atoms. The molecule has 2 rings (SSSR count). The van der Waals surface area contributed by atoms with E-state index in [1.807, 2.05) is 0 Å². The van der Waals surface area contributed by atoms with E-state index in [2.05, 4.69) is 12.2 Å². The molecular formula is C15H20N2O3. The fraction of sp³-hybridized carbons (Fsp3) is 0.400. The molecule has 5 heteroatoms. The van der Waals surface area contributed by atoms with E-state index in [9.17, 15) is 4.79 Å². The van der Waals surface area contributed by atoms with Gasteiger partial charge in [0.15, 0.2) is 5.76 Å². The lowest BCUT2D eigenvalue weighted by Crippen LogP contribution is -2.24. The average molecular weight is 276 g/mol. The lowest BCUT2D eigenvalue weighted by atomic mass is 10.2. The number of benzene rings is 1. The van der Waals surface area contributed by atoms with Crippen LogP contribution in [0.1, 0.15) is 30.3 Å². The number of carbonyl (C=O) groups is 1. The maximum atomic E-state index is 11.9. The number of nitrogens with one attached hydrogen (secondary N) is 1. The summed E-state index contributed by atoms with van der Waals surface area (Å²) in [5, 5.41) is 3.64. The van der Waals surface area contributed by atoms with Crippen molar-refractivity contribution < 1.29 is 13.9 Å². The summed E-state index contributed by atoms with van der Waals surface area (Å²) in [6, 6.07) is 7.00. The van der Waals surface area contributed by atoms with Crippen LogP contribution in [0.5, 0.6) is 0 Å². The Morgan fingerprint density at radius 3 is 3.00 bits per heavy atom. The van der Waals surface area contributed by atoms with Crippen molar-refractivity contribution in [2.75, 3.05) is 25.5 Å². The van der Waals surface area contributed by atoms with E-state index in [-0.39, 0.29) is 5.91 Å². The highest BCUT2D eigenvalue weighted by molar-refractivity contribution is 5.96. The summed E-state index contributed by atoms with van der Waals surface area (Å²) >= 11 is 0. The van der Waals surface area contributed by atoms with Gasteiger partial charge in [0, 0.05) is 30.8 Å². The quantitative estimate of drug-likeness (QED) is 0.602. The summed E-state index contributed by atoms with van der Waals surface area (Å²) in [6.45, 7) is 4.06. The second-order valence-corrected chi connectivity index (χ2v) is 4.63. The van der Waals surface area contributed by atoms with Gasteiger partial charge in [-0.2, -0.15) is 0 Å². The molecular weight excluding hydrogens is 256 g/mol. The van der Waals surface area contributed by atoms with Crippen LogP contribution in [-0.4, -0.2) is 25.7 Å². The molecule has 2 aromatic rings. The molecule has 108 valence electrons. The van der Waals surface area contributed by atoms with Gasteiger partial charge in [-0.3, -0.25) is 4.79 Å². The van der Waals surface area contributed by atoms with E-state index >= 15 is 0 Å². The number of amides is 1. The molecule has 0 atom stereocenters. The third-order valence-electron chi connectivity index (χ3n) is 2.86. The fourth-order valence-corrected chi connectivity index (χ4v) is 1.88. The monoisotopic (exact) mass is 276 g/mol. The third kappa shape index (κ3) is 3.74. The van der Waals surface area contributed by atoms with Gasteiger partial charge in [-0.25, -0.2) is 0 Å². The molecule has 0 saturated heterocycles. The van der Waals surface area contributed by atoms with Crippen LogP contribution in [0.15, 0.2) is 28.7 Å². The number of hydrogen-bond acceptors (Lipinski definition) is 4. The molecule has 5 nitrogen and oxygen atoms in total. The molecule has 0 radical (unpaired) electrons. The molecule has 0 spiro atoms. The van der Waals surface area contributed by atoms with Crippen molar-refractivity contribution in [2.24, 2.45) is 0 Å². The van der Waals surface area contributed by atoms with Crippen LogP contribution in [0.3, 0.4) is 0 Å². The molecule has 0 unspecified atom stereocenters. The van der Waals surface area contributed by atoms with Crippen LogP contribution in [0.4, 0.5) is 5.69 Å². The van der Waals surface area contributed by atoms with Crippen molar-refractivity contribution in [3.8, 4) is 0 Å². The Balaban J connectivity index is 1.85. The minimum atomic E-state index is -0.213. The molecule has 0 aliphatic carbocycles. The molecule has 0 fully saturated rings. The Morgan fingerprint density at radius 2 is 2.20 bits per heavy atom. The summed E-state index contributed by atoms with van der Waals surface area (Å²) in [5.74, 6) is 0.0929. The topological polar surface area (TPSA) is 77.5 Å². The lowest BCUT2D eigenvalue weighted by Gasteiger charge is -2.03. The zero-order valence-corrected chi connectivity index (χ0v) is 11.6. The van der Waals surface area contributed by atoms with E-state index in [1.165, 1.54) is 0 Å². The predicted octanol–water partition coefficient (Wildman–Crippen LogP) is 2.56. The van der Waals surface area contributed by atoms with E-state index in [0.29, 0.717) is 30.2 Å². The highest BCUT2D eigenvalue weighted by Gasteiger charge is 2.11. The number of nitrogen functional groups attached to an aromatic ring is 1. The number of carbonyl (C=O) groups excluding carboxylic acids is 1. The number of furan rings is 1. The van der Waals surface area contributed by atoms with Crippen LogP contribution in [0.25, 0.3) is 11.0 Å². The number of rotatable bonds is 7. The van der Waals surface area contributed by atoms with Gasteiger partial charge < -0.3 is 20.2 Å². The Labute approximate surface area is 118 Å². The molecule has 1 amide bonds. The SMILES string of the molecule is CCCOCCCNC(=O)c1cc2cc(N)ccc2o1. The van der Waals surface area contributed by atoms with E-state index in [1.54, 1.807) is 24.3 Å². The third-order valence-corrected chi connectivity index (χ3v) is 2.86. The van der Waals surface area contributed by atoms with Crippen LogP contribution < -0.4 is 11.1 Å². The molecule has 3 N–H and O–H groups in total. The first-order valence-electron chi connectivity index (χ1n) is 6.85. The second kappa shape index (κ2) is 6.96. The second-order valence-electron chi connectivity index (χ2n) is 4.63. The first kappa shape index (κ1) is 14.4. The number of anilines is 1. The Kier molecular flexibility index (Phi) is 5.01. The maximum absolute atomic E-state index is 11.9. The fourth-order valence-electron chi connectivity index (χ4n) is 1.88. The van der Waals surface area contributed by atoms with Crippen LogP contribution in [0.2, 0.25) is 0 Å². The number of hydrogen-bond donors (Lipinski definition) is 2. The van der Waals surface area contributed by atoms with E-state index in [0.717, 1.165) is 24.8 Å². The van der Waals surface area contributed by atoms with Crippen LogP contribution >= 0.6 is 0 Å². The van der Waals surface area contributed by atoms with Crippen molar-refractivity contribution >= 4 is 22.6 Å². The summed E-state index contributed by atoms with van der Waals surface area (Å²) in [4.78, 5) is 11.9. The van der Waals surface area contributed by atoms with Gasteiger partial charge in [-0.05, 0) is 37.1 Å². The number of ether oxygens (including phenoxy) is 1. The van der Waals surface area contributed by atoms with Crippen molar-refractivity contribution in [3.05, 3.63) is 30.0 Å². The Morgan fingerprint density at radius 1 is 1.35 bits per heavy atom. The van der Waals surface area contributed by atoms with Crippen molar-refractivity contribution in [1.29, 1.82) is 0 Å². The summed E-state index contributed by atoms with van der Waals surface area (Å²) in [6.07, 6.45) is 1.80. The number of fused-ring (bicyclic) bond motifs is 1. The van der Waals surface area contributed by atoms with Gasteiger partial charge in [0.25, 0.3) is 5.91 Å². The highest BCUT2D eigenvalue weighted by atomic mass is 16.5. The van der Waals surface area contributed by atoms with Crippen molar-refractivity contribution in [2.45, 2.75) is 19.8 Å². The Hall–Kier alpha value is -2.01. The standard InChI is InChI=1S/C15H20N2O3/c1-2-7-19-8-3-6-17-15(18)14-10-11-9-12(16)4-5-13(11)20-14/h4-5,9-10H,2-3,6-8,16H2,1H3,(H,17,18). The first-order chi connectivity index (χ1) is 9.70. The van der Waals surface area contributed by atoms with Gasteiger partial charge in [-0.15, -0.1) is 0 Å². The molecule has 0 saturated carbocycles. The van der Waals surface area contributed by atoms with Crippen molar-refractivity contribution in [3.63, 3.8) is 0 Å².